The minimum absolute atomic E-state index is 0.0327. The third kappa shape index (κ3) is 3.46. The fourth-order valence-electron chi connectivity index (χ4n) is 3.37. The van der Waals surface area contributed by atoms with Gasteiger partial charge < -0.3 is 18.9 Å². The number of aromatic nitrogens is 4. The summed E-state index contributed by atoms with van der Waals surface area (Å²) in [5, 5.41) is 9.83. The van der Waals surface area contributed by atoms with E-state index in [1.165, 1.54) is 0 Å². The summed E-state index contributed by atoms with van der Waals surface area (Å²) in [6.45, 7) is 8.01. The average molecular weight is 397 g/mol. The van der Waals surface area contributed by atoms with Crippen LogP contribution in [0.3, 0.4) is 0 Å². The number of likely N-dealkylation sites (tertiary alicyclic amines) is 1. The van der Waals surface area contributed by atoms with Gasteiger partial charge in [0.25, 0.3) is 0 Å². The van der Waals surface area contributed by atoms with Crippen LogP contribution < -0.4 is 0 Å². The standard InChI is InChI=1S/C20H23N5O4/c1-20(2,3)28-19(26)24-7-14(8-24)18-21-17(23-29-18)12-4-5-13-9-25(15-10-27-11-15)22-16(13)6-12/h4-6,9,14-15H,7-8,10-11H2,1-3H3. The summed E-state index contributed by atoms with van der Waals surface area (Å²) in [6.07, 6.45) is 1.72. The van der Waals surface area contributed by atoms with Crippen molar-refractivity contribution in [3.05, 3.63) is 30.3 Å². The van der Waals surface area contributed by atoms with Gasteiger partial charge in [0.1, 0.15) is 5.60 Å². The van der Waals surface area contributed by atoms with Gasteiger partial charge in [0.05, 0.1) is 30.7 Å². The van der Waals surface area contributed by atoms with Crippen molar-refractivity contribution in [2.75, 3.05) is 26.3 Å². The molecule has 9 heteroatoms. The van der Waals surface area contributed by atoms with Gasteiger partial charge in [-0.15, -0.1) is 0 Å². The highest BCUT2D eigenvalue weighted by atomic mass is 16.6. The highest BCUT2D eigenvalue weighted by Gasteiger charge is 2.37. The van der Waals surface area contributed by atoms with Crippen molar-refractivity contribution in [1.29, 1.82) is 0 Å². The van der Waals surface area contributed by atoms with E-state index in [9.17, 15) is 4.79 Å². The summed E-state index contributed by atoms with van der Waals surface area (Å²) >= 11 is 0. The Hall–Kier alpha value is -2.94. The second-order valence-electron chi connectivity index (χ2n) is 8.61. The topological polar surface area (TPSA) is 95.5 Å². The molecule has 0 bridgehead atoms. The van der Waals surface area contributed by atoms with E-state index in [1.54, 1.807) is 4.90 Å². The zero-order valence-corrected chi connectivity index (χ0v) is 16.7. The minimum Gasteiger partial charge on any atom is -0.444 e. The van der Waals surface area contributed by atoms with Crippen molar-refractivity contribution in [2.45, 2.75) is 38.3 Å². The molecule has 2 aliphatic rings. The molecule has 9 nitrogen and oxygen atoms in total. The molecule has 152 valence electrons. The first-order valence-corrected chi connectivity index (χ1v) is 9.74. The van der Waals surface area contributed by atoms with Crippen molar-refractivity contribution in [2.24, 2.45) is 0 Å². The lowest BCUT2D eigenvalue weighted by Gasteiger charge is -2.37. The van der Waals surface area contributed by atoms with Crippen molar-refractivity contribution in [1.82, 2.24) is 24.8 Å². The van der Waals surface area contributed by atoms with E-state index in [1.807, 2.05) is 49.8 Å². The van der Waals surface area contributed by atoms with Gasteiger partial charge in [0, 0.05) is 30.2 Å². The summed E-state index contributed by atoms with van der Waals surface area (Å²) in [5.74, 6) is 1.10. The first kappa shape index (κ1) is 18.1. The largest absolute Gasteiger partial charge is 0.444 e. The van der Waals surface area contributed by atoms with E-state index in [4.69, 9.17) is 14.0 Å². The van der Waals surface area contributed by atoms with E-state index in [0.29, 0.717) is 44.1 Å². The highest BCUT2D eigenvalue weighted by Crippen LogP contribution is 2.30. The second kappa shape index (κ2) is 6.55. The number of carbonyl (C=O) groups is 1. The molecule has 0 saturated carbocycles. The number of nitrogens with zero attached hydrogens (tertiary/aromatic N) is 5. The summed E-state index contributed by atoms with van der Waals surface area (Å²) in [7, 11) is 0. The van der Waals surface area contributed by atoms with Crippen LogP contribution in [0.4, 0.5) is 4.79 Å². The molecule has 0 aliphatic carbocycles. The maximum Gasteiger partial charge on any atom is 0.410 e. The van der Waals surface area contributed by atoms with Gasteiger partial charge in [-0.3, -0.25) is 4.68 Å². The van der Waals surface area contributed by atoms with Crippen molar-refractivity contribution in [3.8, 4) is 11.4 Å². The normalized spacial score (nSPS) is 18.0. The quantitative estimate of drug-likeness (QED) is 0.670. The molecular formula is C20H23N5O4. The molecule has 0 unspecified atom stereocenters. The summed E-state index contributed by atoms with van der Waals surface area (Å²) in [4.78, 5) is 18.2. The number of carbonyl (C=O) groups excluding carboxylic acids is 1. The van der Waals surface area contributed by atoms with Crippen LogP contribution in [0, 0.1) is 0 Å². The number of fused-ring (bicyclic) bond motifs is 1. The Morgan fingerprint density at radius 3 is 2.72 bits per heavy atom. The Balaban J connectivity index is 1.27. The molecule has 0 atom stereocenters. The summed E-state index contributed by atoms with van der Waals surface area (Å²) in [6, 6.07) is 6.26. The van der Waals surface area contributed by atoms with E-state index in [0.717, 1.165) is 16.5 Å². The number of rotatable bonds is 3. The van der Waals surface area contributed by atoms with Gasteiger partial charge in [0.2, 0.25) is 11.7 Å². The molecule has 29 heavy (non-hydrogen) atoms. The SMILES string of the molecule is CC(C)(C)OC(=O)N1CC(c2nc(-c3ccc4cn(C5COC5)nc4c3)no2)C1. The number of benzene rings is 1. The number of hydrogen-bond acceptors (Lipinski definition) is 7. The summed E-state index contributed by atoms with van der Waals surface area (Å²) in [5.41, 5.74) is 1.24. The number of ether oxygens (including phenoxy) is 2. The van der Waals surface area contributed by atoms with Crippen LogP contribution in [0.1, 0.15) is 38.6 Å². The fraction of sp³-hybridized carbons (Fsp3) is 0.500. The lowest BCUT2D eigenvalue weighted by atomic mass is 10.0. The van der Waals surface area contributed by atoms with Gasteiger partial charge in [-0.1, -0.05) is 17.3 Å². The molecule has 5 rings (SSSR count). The molecule has 4 heterocycles. The lowest BCUT2D eigenvalue weighted by Crippen LogP contribution is -2.50. The number of amides is 1. The molecule has 0 radical (unpaired) electrons. The smallest absolute Gasteiger partial charge is 0.410 e. The van der Waals surface area contributed by atoms with Crippen LogP contribution in [0.2, 0.25) is 0 Å². The maximum atomic E-state index is 12.1. The van der Waals surface area contributed by atoms with Crippen molar-refractivity contribution in [3.63, 3.8) is 0 Å². The van der Waals surface area contributed by atoms with Gasteiger partial charge in [-0.05, 0) is 26.8 Å². The van der Waals surface area contributed by atoms with Crippen molar-refractivity contribution >= 4 is 17.0 Å². The van der Waals surface area contributed by atoms with Crippen LogP contribution in [0.25, 0.3) is 22.3 Å². The monoisotopic (exact) mass is 397 g/mol. The molecule has 0 N–H and O–H groups in total. The minimum atomic E-state index is -0.503. The third-order valence-electron chi connectivity index (χ3n) is 5.10. The predicted molar refractivity (Wildman–Crippen MR) is 103 cm³/mol. The lowest BCUT2D eigenvalue weighted by molar-refractivity contribution is -0.0283. The van der Waals surface area contributed by atoms with Crippen LogP contribution in [-0.4, -0.2) is 62.8 Å². The second-order valence-corrected chi connectivity index (χ2v) is 8.61. The molecule has 2 aliphatic heterocycles. The molecule has 0 spiro atoms. The Morgan fingerprint density at radius 1 is 1.24 bits per heavy atom. The maximum absolute atomic E-state index is 12.1. The zero-order chi connectivity index (χ0) is 20.2. The predicted octanol–water partition coefficient (Wildman–Crippen LogP) is 2.99. The van der Waals surface area contributed by atoms with E-state index < -0.39 is 5.60 Å². The Labute approximate surface area is 167 Å². The Morgan fingerprint density at radius 2 is 2.03 bits per heavy atom. The third-order valence-corrected chi connectivity index (χ3v) is 5.10. The van der Waals surface area contributed by atoms with Crippen LogP contribution in [-0.2, 0) is 9.47 Å². The molecule has 2 fully saturated rings. The van der Waals surface area contributed by atoms with Gasteiger partial charge in [0.15, 0.2) is 0 Å². The highest BCUT2D eigenvalue weighted by molar-refractivity contribution is 5.82. The van der Waals surface area contributed by atoms with Gasteiger partial charge >= 0.3 is 6.09 Å². The fourth-order valence-corrected chi connectivity index (χ4v) is 3.37. The molecule has 1 aromatic carbocycles. The van der Waals surface area contributed by atoms with Gasteiger partial charge in [-0.2, -0.15) is 10.1 Å². The van der Waals surface area contributed by atoms with E-state index >= 15 is 0 Å². The van der Waals surface area contributed by atoms with E-state index in [-0.39, 0.29) is 12.0 Å². The average Bonchev–Trinajstić information content (AvgIpc) is 3.16. The summed E-state index contributed by atoms with van der Waals surface area (Å²) < 4.78 is 18.0. The molecular weight excluding hydrogens is 374 g/mol. The Bertz CT molecular complexity index is 1060. The van der Waals surface area contributed by atoms with E-state index in [2.05, 4.69) is 15.2 Å². The van der Waals surface area contributed by atoms with Crippen LogP contribution >= 0.6 is 0 Å². The zero-order valence-electron chi connectivity index (χ0n) is 16.7. The molecule has 1 amide bonds. The first-order valence-electron chi connectivity index (χ1n) is 9.74. The Kier molecular flexibility index (Phi) is 4.09. The van der Waals surface area contributed by atoms with Crippen LogP contribution in [0.5, 0.6) is 0 Å². The molecule has 3 aromatic rings. The van der Waals surface area contributed by atoms with Crippen LogP contribution in [0.15, 0.2) is 28.9 Å². The van der Waals surface area contributed by atoms with Crippen molar-refractivity contribution < 1.29 is 18.8 Å². The number of hydrogen-bond donors (Lipinski definition) is 0. The molecule has 2 aromatic heterocycles. The molecule has 2 saturated heterocycles. The van der Waals surface area contributed by atoms with Gasteiger partial charge in [-0.25, -0.2) is 4.79 Å². The first-order chi connectivity index (χ1) is 13.9.